The van der Waals surface area contributed by atoms with Crippen LogP contribution in [0.3, 0.4) is 0 Å². The number of hydrogen-bond acceptors (Lipinski definition) is 3. The molecule has 0 unspecified atom stereocenters. The average Bonchev–Trinajstić information content (AvgIpc) is 2.23. The van der Waals surface area contributed by atoms with Gasteiger partial charge in [0.15, 0.2) is 0 Å². The number of aliphatic hydroxyl groups is 1. The molecule has 10 heteroatoms. The quantitative estimate of drug-likeness (QED) is 0.688. The average molecular weight is 310 g/mol. The Morgan fingerprint density at radius 1 is 1.21 bits per heavy atom. The standard InChI is InChI=1S/C9H6ClF6NO2/c10-2-4-1-6(19-9(14,15)16)7(8(11,12)13)5(3-18)17-4/h1,18H,2-3H2. The van der Waals surface area contributed by atoms with Crippen LogP contribution in [0.2, 0.25) is 0 Å². The van der Waals surface area contributed by atoms with E-state index >= 15 is 0 Å². The van der Waals surface area contributed by atoms with Crippen LogP contribution in [0.15, 0.2) is 6.07 Å². The van der Waals surface area contributed by atoms with E-state index in [9.17, 15) is 26.3 Å². The second kappa shape index (κ2) is 5.41. The molecule has 1 rings (SSSR count). The highest BCUT2D eigenvalue weighted by Crippen LogP contribution is 2.40. The smallest absolute Gasteiger partial charge is 0.405 e. The zero-order valence-corrected chi connectivity index (χ0v) is 9.70. The molecule has 0 aliphatic rings. The van der Waals surface area contributed by atoms with Crippen molar-refractivity contribution < 1.29 is 36.2 Å². The summed E-state index contributed by atoms with van der Waals surface area (Å²) in [7, 11) is 0. The Labute approximate surface area is 107 Å². The highest BCUT2D eigenvalue weighted by Gasteiger charge is 2.42. The summed E-state index contributed by atoms with van der Waals surface area (Å²) in [5.74, 6) is -1.92. The van der Waals surface area contributed by atoms with Crippen LogP contribution >= 0.6 is 11.6 Å². The fourth-order valence-electron chi connectivity index (χ4n) is 1.32. The largest absolute Gasteiger partial charge is 0.573 e. The maximum absolute atomic E-state index is 12.7. The lowest BCUT2D eigenvalue weighted by Gasteiger charge is -2.18. The molecule has 108 valence electrons. The number of nitrogens with zero attached hydrogens (tertiary/aromatic N) is 1. The molecule has 0 aromatic carbocycles. The molecule has 0 fully saturated rings. The van der Waals surface area contributed by atoms with Gasteiger partial charge in [-0.1, -0.05) is 0 Å². The van der Waals surface area contributed by atoms with Crippen molar-refractivity contribution in [1.29, 1.82) is 0 Å². The van der Waals surface area contributed by atoms with E-state index in [4.69, 9.17) is 16.7 Å². The van der Waals surface area contributed by atoms with Crippen molar-refractivity contribution in [1.82, 2.24) is 4.98 Å². The van der Waals surface area contributed by atoms with E-state index in [0.717, 1.165) is 0 Å². The molecule has 19 heavy (non-hydrogen) atoms. The number of hydrogen-bond donors (Lipinski definition) is 1. The van der Waals surface area contributed by atoms with Crippen molar-refractivity contribution in [3.05, 3.63) is 23.0 Å². The van der Waals surface area contributed by atoms with Crippen molar-refractivity contribution in [3.63, 3.8) is 0 Å². The third-order valence-electron chi connectivity index (χ3n) is 1.91. The van der Waals surface area contributed by atoms with E-state index in [2.05, 4.69) is 9.72 Å². The Hall–Kier alpha value is -1.22. The lowest BCUT2D eigenvalue weighted by Crippen LogP contribution is -2.22. The Kier molecular flexibility index (Phi) is 4.51. The predicted octanol–water partition coefficient (Wildman–Crippen LogP) is 3.23. The van der Waals surface area contributed by atoms with Gasteiger partial charge in [-0.25, -0.2) is 0 Å². The van der Waals surface area contributed by atoms with E-state index in [0.29, 0.717) is 6.07 Å². The summed E-state index contributed by atoms with van der Waals surface area (Å²) in [6.07, 6.45) is -10.5. The van der Waals surface area contributed by atoms with E-state index in [-0.39, 0.29) is 5.69 Å². The van der Waals surface area contributed by atoms with Crippen LogP contribution in [0, 0.1) is 0 Å². The van der Waals surface area contributed by atoms with Crippen LogP contribution in [0.25, 0.3) is 0 Å². The molecule has 1 aromatic heterocycles. The third-order valence-corrected chi connectivity index (χ3v) is 2.18. The second-order valence-corrected chi connectivity index (χ2v) is 3.54. The summed E-state index contributed by atoms with van der Waals surface area (Å²) in [6, 6.07) is 0.433. The molecule has 0 aliphatic heterocycles. The van der Waals surface area contributed by atoms with Gasteiger partial charge in [-0.15, -0.1) is 24.8 Å². The molecule has 0 aliphatic carbocycles. The summed E-state index contributed by atoms with van der Waals surface area (Å²) in [6.45, 7) is -1.20. The number of rotatable bonds is 3. The van der Waals surface area contributed by atoms with Gasteiger partial charge >= 0.3 is 12.5 Å². The Morgan fingerprint density at radius 2 is 1.79 bits per heavy atom. The van der Waals surface area contributed by atoms with Crippen molar-refractivity contribution in [2.24, 2.45) is 0 Å². The maximum Gasteiger partial charge on any atom is 0.573 e. The molecular weight excluding hydrogens is 304 g/mol. The highest BCUT2D eigenvalue weighted by atomic mass is 35.5. The first-order valence-corrected chi connectivity index (χ1v) is 5.14. The van der Waals surface area contributed by atoms with Crippen LogP contribution in [-0.4, -0.2) is 16.5 Å². The molecule has 0 bridgehead atoms. The van der Waals surface area contributed by atoms with Gasteiger partial charge in [-0.05, 0) is 0 Å². The van der Waals surface area contributed by atoms with Gasteiger partial charge in [0.05, 0.1) is 23.9 Å². The fourth-order valence-corrected chi connectivity index (χ4v) is 1.46. The van der Waals surface area contributed by atoms with Crippen LogP contribution < -0.4 is 4.74 Å². The van der Waals surface area contributed by atoms with Crippen LogP contribution in [0.5, 0.6) is 5.75 Å². The monoisotopic (exact) mass is 309 g/mol. The highest BCUT2D eigenvalue weighted by molar-refractivity contribution is 6.16. The molecule has 0 saturated heterocycles. The molecule has 0 spiro atoms. The van der Waals surface area contributed by atoms with E-state index in [1.165, 1.54) is 0 Å². The number of ether oxygens (including phenoxy) is 1. The zero-order valence-electron chi connectivity index (χ0n) is 8.94. The van der Waals surface area contributed by atoms with Gasteiger partial charge in [0, 0.05) is 6.07 Å². The van der Waals surface area contributed by atoms with Gasteiger partial charge in [-0.3, -0.25) is 4.98 Å². The summed E-state index contributed by atoms with van der Waals surface area (Å²) < 4.78 is 77.6. The Morgan fingerprint density at radius 3 is 2.16 bits per heavy atom. The second-order valence-electron chi connectivity index (χ2n) is 3.27. The van der Waals surface area contributed by atoms with Gasteiger partial charge < -0.3 is 9.84 Å². The molecule has 0 radical (unpaired) electrons. The van der Waals surface area contributed by atoms with E-state index in [1.54, 1.807) is 0 Å². The number of aliphatic hydroxyl groups excluding tert-OH is 1. The van der Waals surface area contributed by atoms with Crippen LogP contribution in [-0.2, 0) is 18.7 Å². The van der Waals surface area contributed by atoms with Crippen molar-refractivity contribution in [2.45, 2.75) is 25.0 Å². The molecular formula is C9H6ClF6NO2. The van der Waals surface area contributed by atoms with Crippen LogP contribution in [0.1, 0.15) is 17.0 Å². The van der Waals surface area contributed by atoms with Gasteiger partial charge in [-0.2, -0.15) is 13.2 Å². The molecule has 0 amide bonds. The van der Waals surface area contributed by atoms with Crippen molar-refractivity contribution in [3.8, 4) is 5.75 Å². The Bertz CT molecular complexity index is 459. The van der Waals surface area contributed by atoms with Crippen LogP contribution in [0.4, 0.5) is 26.3 Å². The lowest BCUT2D eigenvalue weighted by atomic mass is 10.1. The molecule has 3 nitrogen and oxygen atoms in total. The number of pyridine rings is 1. The van der Waals surface area contributed by atoms with Gasteiger partial charge in [0.25, 0.3) is 0 Å². The minimum atomic E-state index is -5.31. The van der Waals surface area contributed by atoms with Crippen molar-refractivity contribution in [2.75, 3.05) is 0 Å². The van der Waals surface area contributed by atoms with Crippen molar-refractivity contribution >= 4 is 11.6 Å². The maximum atomic E-state index is 12.7. The molecule has 0 atom stereocenters. The first-order valence-electron chi connectivity index (χ1n) is 4.61. The summed E-state index contributed by atoms with van der Waals surface area (Å²) in [5, 5.41) is 8.78. The predicted molar refractivity (Wildman–Crippen MR) is 51.4 cm³/mol. The minimum absolute atomic E-state index is 0.280. The molecule has 0 saturated carbocycles. The third kappa shape index (κ3) is 4.13. The Balaban J connectivity index is 3.47. The van der Waals surface area contributed by atoms with E-state index < -0.39 is 42.0 Å². The number of aromatic nitrogens is 1. The van der Waals surface area contributed by atoms with E-state index in [1.807, 2.05) is 0 Å². The van der Waals surface area contributed by atoms with Gasteiger partial charge in [0.2, 0.25) is 0 Å². The topological polar surface area (TPSA) is 42.4 Å². The first kappa shape index (κ1) is 15.8. The number of halogens is 7. The fraction of sp³-hybridized carbons (Fsp3) is 0.444. The van der Waals surface area contributed by atoms with Gasteiger partial charge in [0.1, 0.15) is 11.3 Å². The SMILES string of the molecule is OCc1nc(CCl)cc(OC(F)(F)F)c1C(F)(F)F. The molecule has 1 N–H and O–H groups in total. The molecule has 1 heterocycles. The molecule has 1 aromatic rings. The normalized spacial score (nSPS) is 12.6. The zero-order chi connectivity index (χ0) is 14.8. The summed E-state index contributed by atoms with van der Waals surface area (Å²) in [4.78, 5) is 3.32. The minimum Gasteiger partial charge on any atom is -0.405 e. The summed E-state index contributed by atoms with van der Waals surface area (Å²) >= 11 is 5.30. The first-order chi connectivity index (χ1) is 8.58. The summed E-state index contributed by atoms with van der Waals surface area (Å²) in [5.41, 5.74) is -3.04. The number of alkyl halides is 7. The lowest BCUT2D eigenvalue weighted by molar-refractivity contribution is -0.276.